The molecule has 0 radical (unpaired) electrons. The highest BCUT2D eigenvalue weighted by molar-refractivity contribution is 7.10. The highest BCUT2D eigenvalue weighted by Gasteiger charge is 2.37. The van der Waals surface area contributed by atoms with Crippen LogP contribution in [0.3, 0.4) is 0 Å². The molecule has 0 spiro atoms. The van der Waals surface area contributed by atoms with Crippen molar-refractivity contribution in [3.8, 4) is 0 Å². The fourth-order valence-corrected chi connectivity index (χ4v) is 3.23. The van der Waals surface area contributed by atoms with Gasteiger partial charge < -0.3 is 14.5 Å². The lowest BCUT2D eigenvalue weighted by Crippen LogP contribution is -2.39. The minimum atomic E-state index is -0.222. The first kappa shape index (κ1) is 15.9. The lowest BCUT2D eigenvalue weighted by molar-refractivity contribution is -0.125. The number of rotatable bonds is 7. The van der Waals surface area contributed by atoms with Gasteiger partial charge in [0.2, 0.25) is 5.91 Å². The number of hydrogen-bond acceptors (Lipinski definition) is 5. The van der Waals surface area contributed by atoms with Gasteiger partial charge in [-0.15, -0.1) is 11.3 Å². The van der Waals surface area contributed by atoms with Crippen LogP contribution in [0.2, 0.25) is 0 Å². The molecule has 1 aromatic rings. The van der Waals surface area contributed by atoms with Gasteiger partial charge >= 0.3 is 6.03 Å². The van der Waals surface area contributed by atoms with E-state index in [1.165, 1.54) is 9.80 Å². The van der Waals surface area contributed by atoms with Gasteiger partial charge in [-0.3, -0.25) is 9.69 Å². The SMILES string of the molecule is COCCN1CC(=O)N(CC(c2cccs2)N(C)C)C1=O. The predicted octanol–water partition coefficient (Wildman–Crippen LogP) is 1.26. The summed E-state index contributed by atoms with van der Waals surface area (Å²) in [7, 11) is 5.50. The molecule has 0 aliphatic carbocycles. The molecule has 7 heteroatoms. The molecule has 1 aliphatic rings. The zero-order chi connectivity index (χ0) is 15.4. The molecule has 0 saturated carbocycles. The topological polar surface area (TPSA) is 53.1 Å². The Morgan fingerprint density at radius 3 is 2.76 bits per heavy atom. The maximum absolute atomic E-state index is 12.3. The summed E-state index contributed by atoms with van der Waals surface area (Å²) in [5.74, 6) is -0.139. The zero-order valence-electron chi connectivity index (χ0n) is 12.6. The minimum absolute atomic E-state index is 0.0280. The monoisotopic (exact) mass is 311 g/mol. The number of carbonyl (C=O) groups is 2. The van der Waals surface area contributed by atoms with Crippen molar-refractivity contribution in [1.82, 2.24) is 14.7 Å². The number of likely N-dealkylation sites (N-methyl/N-ethyl adjacent to an activating group) is 1. The van der Waals surface area contributed by atoms with Crippen molar-refractivity contribution in [2.75, 3.05) is 47.4 Å². The molecule has 1 unspecified atom stereocenters. The van der Waals surface area contributed by atoms with Gasteiger partial charge in [-0.1, -0.05) is 6.07 Å². The molecule has 2 heterocycles. The van der Waals surface area contributed by atoms with Gasteiger partial charge in [-0.25, -0.2) is 4.79 Å². The van der Waals surface area contributed by atoms with Crippen LogP contribution < -0.4 is 0 Å². The van der Waals surface area contributed by atoms with Crippen molar-refractivity contribution < 1.29 is 14.3 Å². The third-order valence-corrected chi connectivity index (χ3v) is 4.52. The number of carbonyl (C=O) groups excluding carboxylic acids is 2. The maximum Gasteiger partial charge on any atom is 0.327 e. The van der Waals surface area contributed by atoms with Crippen molar-refractivity contribution in [2.45, 2.75) is 6.04 Å². The molecule has 1 aliphatic heterocycles. The van der Waals surface area contributed by atoms with E-state index in [4.69, 9.17) is 4.74 Å². The molecule has 1 aromatic heterocycles. The molecule has 1 fully saturated rings. The summed E-state index contributed by atoms with van der Waals surface area (Å²) in [6, 6.07) is 3.82. The second-order valence-corrected chi connectivity index (χ2v) is 6.18. The van der Waals surface area contributed by atoms with Crippen LogP contribution in [0, 0.1) is 0 Å². The summed E-state index contributed by atoms with van der Waals surface area (Å²) in [6.07, 6.45) is 0. The smallest absolute Gasteiger partial charge is 0.327 e. The summed E-state index contributed by atoms with van der Waals surface area (Å²) in [5, 5.41) is 2.00. The summed E-state index contributed by atoms with van der Waals surface area (Å²) in [5.41, 5.74) is 0. The summed E-state index contributed by atoms with van der Waals surface area (Å²) in [6.45, 7) is 1.42. The number of amides is 3. The first-order chi connectivity index (χ1) is 10.0. The lowest BCUT2D eigenvalue weighted by atomic mass is 10.2. The molecule has 21 heavy (non-hydrogen) atoms. The van der Waals surface area contributed by atoms with Gasteiger partial charge in [0.15, 0.2) is 0 Å². The Bertz CT molecular complexity index is 490. The average molecular weight is 311 g/mol. The molecule has 116 valence electrons. The number of hydrogen-bond donors (Lipinski definition) is 0. The second-order valence-electron chi connectivity index (χ2n) is 5.20. The van der Waals surface area contributed by atoms with Crippen molar-refractivity contribution in [3.05, 3.63) is 22.4 Å². The van der Waals surface area contributed by atoms with Crippen molar-refractivity contribution >= 4 is 23.3 Å². The van der Waals surface area contributed by atoms with Gasteiger partial charge in [0.25, 0.3) is 0 Å². The summed E-state index contributed by atoms with van der Waals surface area (Å²) in [4.78, 5) is 30.5. The van der Waals surface area contributed by atoms with Gasteiger partial charge in [0.05, 0.1) is 19.2 Å². The maximum atomic E-state index is 12.3. The first-order valence-electron chi connectivity index (χ1n) is 6.82. The minimum Gasteiger partial charge on any atom is -0.383 e. The normalized spacial score (nSPS) is 17.1. The number of thiophene rings is 1. The number of ether oxygens (including phenoxy) is 1. The lowest BCUT2D eigenvalue weighted by Gasteiger charge is -2.27. The van der Waals surface area contributed by atoms with Crippen LogP contribution in [0.15, 0.2) is 17.5 Å². The Hall–Kier alpha value is -1.44. The Labute approximate surface area is 128 Å². The van der Waals surface area contributed by atoms with Crippen molar-refractivity contribution in [2.24, 2.45) is 0 Å². The Kier molecular flexibility index (Phi) is 5.33. The molecule has 0 aromatic carbocycles. The Morgan fingerprint density at radius 1 is 1.43 bits per heavy atom. The van der Waals surface area contributed by atoms with Gasteiger partial charge in [-0.05, 0) is 25.5 Å². The van der Waals surface area contributed by atoms with Crippen LogP contribution >= 0.6 is 11.3 Å². The van der Waals surface area contributed by atoms with E-state index in [0.29, 0.717) is 19.7 Å². The number of urea groups is 1. The van der Waals surface area contributed by atoms with Gasteiger partial charge in [0.1, 0.15) is 6.54 Å². The van der Waals surface area contributed by atoms with Crippen LogP contribution in [0.1, 0.15) is 10.9 Å². The highest BCUT2D eigenvalue weighted by atomic mass is 32.1. The third-order valence-electron chi connectivity index (χ3n) is 3.54. The highest BCUT2D eigenvalue weighted by Crippen LogP contribution is 2.25. The van der Waals surface area contributed by atoms with Gasteiger partial charge in [-0.2, -0.15) is 0 Å². The molecule has 1 saturated heterocycles. The molecular formula is C14H21N3O3S. The molecule has 0 bridgehead atoms. The number of imide groups is 1. The van der Waals surface area contributed by atoms with E-state index in [-0.39, 0.29) is 24.5 Å². The molecule has 2 rings (SSSR count). The number of nitrogens with zero attached hydrogens (tertiary/aromatic N) is 3. The Balaban J connectivity index is 2.07. The zero-order valence-corrected chi connectivity index (χ0v) is 13.4. The first-order valence-corrected chi connectivity index (χ1v) is 7.70. The third kappa shape index (κ3) is 3.61. The van der Waals surface area contributed by atoms with E-state index in [2.05, 4.69) is 0 Å². The second kappa shape index (κ2) is 7.02. The average Bonchev–Trinajstić information content (AvgIpc) is 3.04. The van der Waals surface area contributed by atoms with E-state index in [9.17, 15) is 9.59 Å². The fourth-order valence-electron chi connectivity index (χ4n) is 2.31. The number of methoxy groups -OCH3 is 1. The fraction of sp³-hybridized carbons (Fsp3) is 0.571. The largest absolute Gasteiger partial charge is 0.383 e. The van der Waals surface area contributed by atoms with E-state index in [1.807, 2.05) is 36.5 Å². The van der Waals surface area contributed by atoms with E-state index in [1.54, 1.807) is 18.4 Å². The quantitative estimate of drug-likeness (QED) is 0.712. The van der Waals surface area contributed by atoms with Gasteiger partial charge in [0, 0.05) is 18.5 Å². The molecular weight excluding hydrogens is 290 g/mol. The van der Waals surface area contributed by atoms with Crippen molar-refractivity contribution in [1.29, 1.82) is 0 Å². The van der Waals surface area contributed by atoms with E-state index < -0.39 is 0 Å². The molecule has 6 nitrogen and oxygen atoms in total. The molecule has 1 atom stereocenters. The Morgan fingerprint density at radius 2 is 2.19 bits per heavy atom. The molecule has 0 N–H and O–H groups in total. The molecule has 3 amide bonds. The van der Waals surface area contributed by atoms with E-state index in [0.717, 1.165) is 4.88 Å². The van der Waals surface area contributed by atoms with Crippen LogP contribution in [0.5, 0.6) is 0 Å². The van der Waals surface area contributed by atoms with Crippen LogP contribution in [0.25, 0.3) is 0 Å². The van der Waals surface area contributed by atoms with Crippen LogP contribution in [0.4, 0.5) is 4.79 Å². The van der Waals surface area contributed by atoms with Crippen LogP contribution in [-0.2, 0) is 9.53 Å². The van der Waals surface area contributed by atoms with Crippen molar-refractivity contribution in [3.63, 3.8) is 0 Å². The summed E-state index contributed by atoms with van der Waals surface area (Å²) < 4.78 is 4.97. The predicted molar refractivity (Wildman–Crippen MR) is 81.3 cm³/mol. The summed E-state index contributed by atoms with van der Waals surface area (Å²) >= 11 is 1.64. The van der Waals surface area contributed by atoms with E-state index >= 15 is 0 Å². The van der Waals surface area contributed by atoms with Crippen LogP contribution in [-0.4, -0.2) is 74.1 Å². The standard InChI is InChI=1S/C14H21N3O3S/c1-15(2)11(12-5-4-8-21-12)9-17-13(18)10-16(14(17)19)6-7-20-3/h4-5,8,11H,6-7,9-10H2,1-3H3.